The fourth-order valence-electron chi connectivity index (χ4n) is 2.98. The van der Waals surface area contributed by atoms with Crippen molar-refractivity contribution >= 4 is 22.7 Å². The van der Waals surface area contributed by atoms with E-state index in [9.17, 15) is 10.2 Å². The molecule has 0 spiro atoms. The Hall–Kier alpha value is -0.720. The standard InChI is InChI=1S/C14H17NO2S2/c1-15-7-12(16)6-13(15)14(17,10-2-4-18-8-10)11-3-5-19-9-11/h2-5,8-9,12-13,16-17H,6-7H2,1H3. The van der Waals surface area contributed by atoms with Crippen molar-refractivity contribution in [2.24, 2.45) is 0 Å². The lowest BCUT2D eigenvalue weighted by Gasteiger charge is -2.37. The maximum Gasteiger partial charge on any atom is 0.132 e. The Morgan fingerprint density at radius 3 is 2.16 bits per heavy atom. The second-order valence-electron chi connectivity index (χ2n) is 5.14. The molecule has 0 aliphatic carbocycles. The van der Waals surface area contributed by atoms with Crippen LogP contribution in [-0.4, -0.2) is 40.9 Å². The summed E-state index contributed by atoms with van der Waals surface area (Å²) >= 11 is 3.17. The van der Waals surface area contributed by atoms with E-state index in [4.69, 9.17) is 0 Å². The van der Waals surface area contributed by atoms with Gasteiger partial charge in [0.1, 0.15) is 5.60 Å². The number of β-amino-alcohol motifs (C(OH)–C–C–N with tert-alkyl or cyclic N) is 1. The number of nitrogens with zero attached hydrogens (tertiary/aromatic N) is 1. The second-order valence-corrected chi connectivity index (χ2v) is 6.70. The third-order valence-corrected chi connectivity index (χ3v) is 5.30. The number of likely N-dealkylation sites (N-methyl/N-ethyl adjacent to an activating group) is 1. The molecule has 2 aromatic heterocycles. The molecule has 1 aliphatic heterocycles. The zero-order chi connectivity index (χ0) is 13.5. The Bertz CT molecular complexity index is 489. The van der Waals surface area contributed by atoms with E-state index in [1.807, 2.05) is 40.7 Å². The van der Waals surface area contributed by atoms with E-state index in [2.05, 4.69) is 4.90 Å². The fraction of sp³-hybridized carbons (Fsp3) is 0.429. The third-order valence-electron chi connectivity index (χ3n) is 3.93. The van der Waals surface area contributed by atoms with Gasteiger partial charge in [0.15, 0.2) is 0 Å². The van der Waals surface area contributed by atoms with Crippen LogP contribution in [0.4, 0.5) is 0 Å². The molecule has 3 heterocycles. The molecule has 0 bridgehead atoms. The SMILES string of the molecule is CN1CC(O)CC1C(O)(c1ccsc1)c1ccsc1. The van der Waals surface area contributed by atoms with Crippen LogP contribution in [0.5, 0.6) is 0 Å². The van der Waals surface area contributed by atoms with Crippen molar-refractivity contribution in [1.29, 1.82) is 0 Å². The number of aliphatic hydroxyl groups excluding tert-OH is 1. The van der Waals surface area contributed by atoms with Crippen molar-refractivity contribution < 1.29 is 10.2 Å². The molecule has 0 radical (unpaired) electrons. The van der Waals surface area contributed by atoms with Gasteiger partial charge in [-0.05, 0) is 47.1 Å². The molecule has 0 amide bonds. The zero-order valence-electron chi connectivity index (χ0n) is 10.7. The van der Waals surface area contributed by atoms with Crippen LogP contribution in [0.1, 0.15) is 17.5 Å². The molecule has 3 nitrogen and oxygen atoms in total. The van der Waals surface area contributed by atoms with Gasteiger partial charge >= 0.3 is 0 Å². The summed E-state index contributed by atoms with van der Waals surface area (Å²) in [6, 6.07) is 3.86. The van der Waals surface area contributed by atoms with Gasteiger partial charge in [0.25, 0.3) is 0 Å². The molecule has 3 rings (SSSR count). The molecule has 1 saturated heterocycles. The minimum Gasteiger partial charge on any atom is -0.392 e. The summed E-state index contributed by atoms with van der Waals surface area (Å²) in [7, 11) is 1.96. The molecule has 1 fully saturated rings. The highest BCUT2D eigenvalue weighted by Gasteiger charge is 2.47. The van der Waals surface area contributed by atoms with Gasteiger partial charge in [0.2, 0.25) is 0 Å². The van der Waals surface area contributed by atoms with Crippen LogP contribution in [-0.2, 0) is 5.60 Å². The zero-order valence-corrected chi connectivity index (χ0v) is 12.3. The van der Waals surface area contributed by atoms with Crippen LogP contribution < -0.4 is 0 Å². The lowest BCUT2D eigenvalue weighted by Crippen LogP contribution is -2.46. The second kappa shape index (κ2) is 5.00. The molecule has 2 unspecified atom stereocenters. The van der Waals surface area contributed by atoms with E-state index in [-0.39, 0.29) is 12.1 Å². The Morgan fingerprint density at radius 1 is 1.21 bits per heavy atom. The van der Waals surface area contributed by atoms with E-state index in [1.54, 1.807) is 22.7 Å². The summed E-state index contributed by atoms with van der Waals surface area (Å²) in [4.78, 5) is 2.06. The molecule has 5 heteroatoms. The monoisotopic (exact) mass is 295 g/mol. The van der Waals surface area contributed by atoms with Gasteiger partial charge in [-0.2, -0.15) is 22.7 Å². The number of hydrogen-bond donors (Lipinski definition) is 2. The lowest BCUT2D eigenvalue weighted by atomic mass is 9.81. The van der Waals surface area contributed by atoms with Gasteiger partial charge in [0.05, 0.1) is 6.10 Å². The summed E-state index contributed by atoms with van der Waals surface area (Å²) in [5.74, 6) is 0. The summed E-state index contributed by atoms with van der Waals surface area (Å²) in [5, 5.41) is 29.2. The molecule has 2 N–H and O–H groups in total. The Kier molecular flexibility index (Phi) is 3.49. The van der Waals surface area contributed by atoms with Crippen molar-refractivity contribution in [3.8, 4) is 0 Å². The normalized spacial score (nSPS) is 25.0. The number of hydrogen-bond acceptors (Lipinski definition) is 5. The van der Waals surface area contributed by atoms with Crippen molar-refractivity contribution in [2.75, 3.05) is 13.6 Å². The summed E-state index contributed by atoms with van der Waals surface area (Å²) < 4.78 is 0. The summed E-state index contributed by atoms with van der Waals surface area (Å²) in [5.41, 5.74) is 0.801. The van der Waals surface area contributed by atoms with Crippen molar-refractivity contribution in [1.82, 2.24) is 4.90 Å². The molecule has 0 aromatic carbocycles. The van der Waals surface area contributed by atoms with E-state index in [0.717, 1.165) is 11.1 Å². The first-order valence-electron chi connectivity index (χ1n) is 6.28. The first kappa shape index (κ1) is 13.3. The number of likely N-dealkylation sites (tertiary alicyclic amines) is 1. The number of rotatable bonds is 3. The van der Waals surface area contributed by atoms with Crippen LogP contribution >= 0.6 is 22.7 Å². The quantitative estimate of drug-likeness (QED) is 0.911. The largest absolute Gasteiger partial charge is 0.392 e. The van der Waals surface area contributed by atoms with Crippen LogP contribution in [0.25, 0.3) is 0 Å². The number of thiophene rings is 2. The van der Waals surface area contributed by atoms with Crippen LogP contribution in [0.2, 0.25) is 0 Å². The first-order chi connectivity index (χ1) is 9.12. The Balaban J connectivity index is 2.07. The van der Waals surface area contributed by atoms with Crippen LogP contribution in [0.15, 0.2) is 33.7 Å². The Morgan fingerprint density at radius 2 is 1.79 bits per heavy atom. The van der Waals surface area contributed by atoms with Gasteiger partial charge in [-0.1, -0.05) is 0 Å². The van der Waals surface area contributed by atoms with Gasteiger partial charge in [-0.25, -0.2) is 0 Å². The minimum absolute atomic E-state index is 0.0910. The predicted octanol–water partition coefficient (Wildman–Crippen LogP) is 2.11. The van der Waals surface area contributed by atoms with Crippen molar-refractivity contribution in [3.63, 3.8) is 0 Å². The molecular weight excluding hydrogens is 278 g/mol. The molecular formula is C14H17NO2S2. The minimum atomic E-state index is -1.04. The topological polar surface area (TPSA) is 43.7 Å². The van der Waals surface area contributed by atoms with E-state index in [0.29, 0.717) is 13.0 Å². The fourth-order valence-corrected chi connectivity index (χ4v) is 4.39. The van der Waals surface area contributed by atoms with Crippen LogP contribution in [0.3, 0.4) is 0 Å². The highest BCUT2D eigenvalue weighted by Crippen LogP contribution is 2.41. The van der Waals surface area contributed by atoms with E-state index < -0.39 is 5.60 Å². The highest BCUT2D eigenvalue weighted by molar-refractivity contribution is 7.08. The lowest BCUT2D eigenvalue weighted by molar-refractivity contribution is 0.00469. The molecule has 19 heavy (non-hydrogen) atoms. The summed E-state index contributed by atoms with van der Waals surface area (Å²) in [6.07, 6.45) is 0.234. The third kappa shape index (κ3) is 2.15. The maximum absolute atomic E-state index is 11.4. The van der Waals surface area contributed by atoms with Gasteiger partial charge in [-0.3, -0.25) is 4.90 Å². The average Bonchev–Trinajstić information content (AvgIpc) is 3.09. The van der Waals surface area contributed by atoms with Gasteiger partial charge < -0.3 is 10.2 Å². The van der Waals surface area contributed by atoms with Gasteiger partial charge in [0, 0.05) is 23.7 Å². The maximum atomic E-state index is 11.4. The molecule has 0 saturated carbocycles. The molecule has 1 aliphatic rings. The molecule has 2 aromatic rings. The summed E-state index contributed by atoms with van der Waals surface area (Å²) in [6.45, 7) is 0.612. The molecule has 102 valence electrons. The molecule has 2 atom stereocenters. The Labute approximate surface area is 120 Å². The van der Waals surface area contributed by atoms with E-state index >= 15 is 0 Å². The highest BCUT2D eigenvalue weighted by atomic mass is 32.1. The van der Waals surface area contributed by atoms with E-state index in [1.165, 1.54) is 0 Å². The average molecular weight is 295 g/mol. The van der Waals surface area contributed by atoms with Gasteiger partial charge in [-0.15, -0.1) is 0 Å². The first-order valence-corrected chi connectivity index (χ1v) is 8.17. The van der Waals surface area contributed by atoms with Crippen molar-refractivity contribution in [3.05, 3.63) is 44.8 Å². The van der Waals surface area contributed by atoms with Crippen LogP contribution in [0, 0.1) is 0 Å². The predicted molar refractivity (Wildman–Crippen MR) is 78.7 cm³/mol. The number of aliphatic hydroxyl groups is 2. The smallest absolute Gasteiger partial charge is 0.132 e. The van der Waals surface area contributed by atoms with Crippen molar-refractivity contribution in [2.45, 2.75) is 24.2 Å².